The SMILES string of the molecule is CC(C)=CCC/C(C)=C/CC/C(C)=C/COC(=O)CC[C@@H]1C2=C3CC(O)=C4C3=NC(=C4C)C=C3N=C(C=C4N=C(C=C(N2)[C@H]1C)C(C)=C4C(C)O)C(C)=C3CC(C)(C)C. The van der Waals surface area contributed by atoms with Crippen LogP contribution in [0.1, 0.15) is 134 Å². The molecule has 0 amide bonds. The molecule has 6 rings (SSSR count). The normalized spacial score (nSPS) is 22.5. The second-order valence-corrected chi connectivity index (χ2v) is 18.8. The van der Waals surface area contributed by atoms with E-state index in [9.17, 15) is 15.0 Å². The van der Waals surface area contributed by atoms with Crippen molar-refractivity contribution in [2.24, 2.45) is 32.2 Å². The molecular weight excluding hydrogens is 733 g/mol. The highest BCUT2D eigenvalue weighted by atomic mass is 16.5. The van der Waals surface area contributed by atoms with Crippen molar-refractivity contribution >= 4 is 23.1 Å². The Morgan fingerprint density at radius 3 is 2.24 bits per heavy atom. The number of ether oxygens (including phenoxy) is 1. The summed E-state index contributed by atoms with van der Waals surface area (Å²) in [6.45, 7) is 25.7. The Morgan fingerprint density at radius 1 is 0.898 bits per heavy atom. The number of hydrogen-bond donors (Lipinski definition) is 3. The lowest BCUT2D eigenvalue weighted by molar-refractivity contribution is -0.142. The summed E-state index contributed by atoms with van der Waals surface area (Å²) in [6.07, 6.45) is 18.2. The van der Waals surface area contributed by atoms with E-state index in [2.05, 4.69) is 91.9 Å². The van der Waals surface area contributed by atoms with Gasteiger partial charge < -0.3 is 20.3 Å². The highest BCUT2D eigenvalue weighted by Crippen LogP contribution is 2.47. The fourth-order valence-electron chi connectivity index (χ4n) is 8.92. The van der Waals surface area contributed by atoms with Gasteiger partial charge in [0.2, 0.25) is 0 Å². The summed E-state index contributed by atoms with van der Waals surface area (Å²) < 4.78 is 5.75. The maximum absolute atomic E-state index is 13.3. The molecule has 8 heteroatoms. The Morgan fingerprint density at radius 2 is 1.56 bits per heavy atom. The molecule has 1 aliphatic carbocycles. The predicted molar refractivity (Wildman–Crippen MR) is 243 cm³/mol. The molecule has 0 spiro atoms. The molecule has 0 radical (unpaired) electrons. The molecule has 314 valence electrons. The third-order valence-electron chi connectivity index (χ3n) is 12.3. The first-order chi connectivity index (χ1) is 27.8. The summed E-state index contributed by atoms with van der Waals surface area (Å²) in [5, 5.41) is 26.3. The highest BCUT2D eigenvalue weighted by molar-refractivity contribution is 6.21. The van der Waals surface area contributed by atoms with Crippen LogP contribution in [0.25, 0.3) is 0 Å². The second-order valence-electron chi connectivity index (χ2n) is 18.8. The average Bonchev–Trinajstić information content (AvgIpc) is 3.89. The number of carbonyl (C=O) groups excluding carboxylic acids is 1. The van der Waals surface area contributed by atoms with Crippen molar-refractivity contribution in [1.29, 1.82) is 0 Å². The maximum Gasteiger partial charge on any atom is 0.306 e. The average molecular weight is 799 g/mol. The molecule has 1 saturated heterocycles. The molecule has 6 aliphatic rings. The number of aliphatic hydroxyl groups is 2. The summed E-state index contributed by atoms with van der Waals surface area (Å²) >= 11 is 0. The van der Waals surface area contributed by atoms with Gasteiger partial charge in [0, 0.05) is 52.8 Å². The number of rotatable bonds is 13. The molecule has 0 aromatic carbocycles. The van der Waals surface area contributed by atoms with Gasteiger partial charge in [-0.05, 0) is 146 Å². The smallest absolute Gasteiger partial charge is 0.306 e. The molecule has 3 N–H and O–H groups in total. The zero-order chi connectivity index (χ0) is 42.9. The van der Waals surface area contributed by atoms with E-state index in [1.54, 1.807) is 6.92 Å². The second kappa shape index (κ2) is 17.8. The number of allylic oxidation sites excluding steroid dienone is 16. The van der Waals surface area contributed by atoms with Gasteiger partial charge in [-0.25, -0.2) is 15.0 Å². The van der Waals surface area contributed by atoms with Crippen LogP contribution in [0.2, 0.25) is 0 Å². The first-order valence-electron chi connectivity index (χ1n) is 21.6. The largest absolute Gasteiger partial charge is 0.511 e. The minimum absolute atomic E-state index is 0.00884. The van der Waals surface area contributed by atoms with Crippen LogP contribution in [-0.4, -0.2) is 46.0 Å². The van der Waals surface area contributed by atoms with E-state index < -0.39 is 6.10 Å². The fraction of sp³-hybridized carbons (Fsp3) is 0.490. The van der Waals surface area contributed by atoms with E-state index in [1.807, 2.05) is 26.0 Å². The van der Waals surface area contributed by atoms with Gasteiger partial charge in [0.15, 0.2) is 0 Å². The number of nitrogens with one attached hydrogen (secondary N) is 1. The van der Waals surface area contributed by atoms with Crippen molar-refractivity contribution in [1.82, 2.24) is 5.32 Å². The van der Waals surface area contributed by atoms with Crippen molar-refractivity contribution in [2.45, 2.75) is 141 Å². The number of esters is 1. The van der Waals surface area contributed by atoms with Crippen molar-refractivity contribution < 1.29 is 19.7 Å². The number of fused-ring (bicyclic) bond motifs is 5. The van der Waals surface area contributed by atoms with Gasteiger partial charge >= 0.3 is 5.97 Å². The summed E-state index contributed by atoms with van der Waals surface area (Å²) in [5.41, 5.74) is 17.3. The van der Waals surface area contributed by atoms with E-state index in [-0.39, 0.29) is 36.2 Å². The van der Waals surface area contributed by atoms with Crippen LogP contribution >= 0.6 is 0 Å². The molecule has 1 unspecified atom stereocenters. The van der Waals surface area contributed by atoms with Gasteiger partial charge in [-0.2, -0.15) is 0 Å². The lowest BCUT2D eigenvalue weighted by atomic mass is 9.85. The van der Waals surface area contributed by atoms with Gasteiger partial charge in [0.05, 0.1) is 40.3 Å². The molecule has 3 atom stereocenters. The molecule has 8 nitrogen and oxygen atoms in total. The van der Waals surface area contributed by atoms with Crippen molar-refractivity contribution in [3.05, 3.63) is 126 Å². The van der Waals surface area contributed by atoms with Crippen LogP contribution in [0.3, 0.4) is 0 Å². The first-order valence-corrected chi connectivity index (χ1v) is 21.6. The third-order valence-corrected chi connectivity index (χ3v) is 12.3. The van der Waals surface area contributed by atoms with Crippen LogP contribution in [0, 0.1) is 17.3 Å². The van der Waals surface area contributed by atoms with Gasteiger partial charge in [-0.15, -0.1) is 0 Å². The topological polar surface area (TPSA) is 116 Å². The minimum Gasteiger partial charge on any atom is -0.511 e. The Balaban J connectivity index is 1.29. The summed E-state index contributed by atoms with van der Waals surface area (Å²) in [4.78, 5) is 28.8. The Kier molecular flexibility index (Phi) is 13.2. The lowest BCUT2D eigenvalue weighted by Gasteiger charge is -2.20. The van der Waals surface area contributed by atoms with Crippen molar-refractivity contribution in [3.8, 4) is 0 Å². The van der Waals surface area contributed by atoms with E-state index in [0.717, 1.165) is 111 Å². The Labute approximate surface area is 352 Å². The number of carbonyl (C=O) groups is 1. The number of aliphatic hydroxyl groups excluding tert-OH is 2. The summed E-state index contributed by atoms with van der Waals surface area (Å²) in [6, 6.07) is 0. The zero-order valence-corrected chi connectivity index (χ0v) is 37.6. The van der Waals surface area contributed by atoms with Crippen LogP contribution in [-0.2, 0) is 9.53 Å². The van der Waals surface area contributed by atoms with Crippen LogP contribution in [0.5, 0.6) is 0 Å². The van der Waals surface area contributed by atoms with Crippen molar-refractivity contribution in [2.75, 3.05) is 6.61 Å². The monoisotopic (exact) mass is 799 g/mol. The number of aliphatic imine (C=N–C) groups is 3. The molecule has 5 aliphatic heterocycles. The molecule has 59 heavy (non-hydrogen) atoms. The standard InChI is InChI=1S/C51H66N4O4/c1-28(2)15-13-16-29(3)17-14-18-30(4)21-22-59-46(58)20-19-36-31(5)40-24-41-33(7)47(35(9)56)44(53-41)26-39-32(6)38(27-51(10,11)12)43(52-39)25-42-34(8)48-45(57)23-37(49(36)54-40)50(48)55-42/h15,17,21,24-26,31,35-36,54,56-57H,13-14,16,18-20,22-23,27H2,1-12H3/b29-17+,30-21+,40-24?,43-25?,44-26?,49-37?/t31-,35?,36-/m0/s1. The minimum atomic E-state index is -0.726. The van der Waals surface area contributed by atoms with E-state index in [0.29, 0.717) is 24.3 Å². The van der Waals surface area contributed by atoms with E-state index >= 15 is 0 Å². The molecule has 0 aromatic heterocycles. The summed E-state index contributed by atoms with van der Waals surface area (Å²) in [7, 11) is 0. The quantitative estimate of drug-likeness (QED) is 0.127. The van der Waals surface area contributed by atoms with Gasteiger partial charge in [-0.1, -0.05) is 56.6 Å². The number of nitrogens with zero attached hydrogens (tertiary/aromatic N) is 3. The molecular formula is C51H66N4O4. The van der Waals surface area contributed by atoms with Crippen LogP contribution in [0.15, 0.2) is 141 Å². The van der Waals surface area contributed by atoms with Crippen molar-refractivity contribution in [3.63, 3.8) is 0 Å². The van der Waals surface area contributed by atoms with E-state index in [4.69, 9.17) is 19.7 Å². The first kappa shape index (κ1) is 43.8. The molecule has 1 fully saturated rings. The number of hydrogen-bond acceptors (Lipinski definition) is 8. The lowest BCUT2D eigenvalue weighted by Crippen LogP contribution is -2.16. The third kappa shape index (κ3) is 9.81. The summed E-state index contributed by atoms with van der Waals surface area (Å²) in [5.74, 6) is 0.0408. The maximum atomic E-state index is 13.3. The van der Waals surface area contributed by atoms with Gasteiger partial charge in [-0.3, -0.25) is 4.79 Å². The Hall–Kier alpha value is -4.82. The molecule has 8 bridgehead atoms. The molecule has 0 aromatic rings. The van der Waals surface area contributed by atoms with E-state index in [1.165, 1.54) is 16.7 Å². The predicted octanol–water partition coefficient (Wildman–Crippen LogP) is 11.8. The zero-order valence-electron chi connectivity index (χ0n) is 37.6. The fourth-order valence-corrected chi connectivity index (χ4v) is 8.92. The van der Waals surface area contributed by atoms with Crippen LogP contribution < -0.4 is 5.32 Å². The highest BCUT2D eigenvalue weighted by Gasteiger charge is 2.41. The van der Waals surface area contributed by atoms with Crippen LogP contribution in [0.4, 0.5) is 0 Å². The van der Waals surface area contributed by atoms with Gasteiger partial charge in [0.25, 0.3) is 0 Å². The Bertz CT molecular complexity index is 2250. The molecule has 0 saturated carbocycles. The van der Waals surface area contributed by atoms with Gasteiger partial charge in [0.1, 0.15) is 12.4 Å². The molecule has 5 heterocycles.